The van der Waals surface area contributed by atoms with Crippen LogP contribution in [0, 0.1) is 0 Å². The van der Waals surface area contributed by atoms with Crippen LogP contribution in [0.15, 0.2) is 0 Å². The molecule has 0 aromatic heterocycles. The number of carbonyl (C=O) groups is 1. The Morgan fingerprint density at radius 2 is 1.50 bits per heavy atom. The lowest BCUT2D eigenvalue weighted by molar-refractivity contribution is 0.165. The van der Waals surface area contributed by atoms with Crippen molar-refractivity contribution >= 4 is 28.7 Å². The second kappa shape index (κ2) is 9.87. The van der Waals surface area contributed by atoms with Crippen LogP contribution in [-0.2, 0) is 4.74 Å². The van der Waals surface area contributed by atoms with Crippen LogP contribution in [-0.4, -0.2) is 23.2 Å². The van der Waals surface area contributed by atoms with Gasteiger partial charge < -0.3 is 10.1 Å². The van der Waals surface area contributed by atoms with Crippen molar-refractivity contribution in [3.63, 3.8) is 0 Å². The van der Waals surface area contributed by atoms with Crippen LogP contribution in [0.3, 0.4) is 0 Å². The molecule has 106 valence electrons. The Balaban J connectivity index is 2.44. The molecule has 1 rings (SSSR count). The lowest BCUT2D eigenvalue weighted by atomic mass is 9.98. The first-order valence-electron chi connectivity index (χ1n) is 7.22. The first-order chi connectivity index (χ1) is 8.74. The number of hydrogen-bond acceptors (Lipinski definition) is 2. The first kappa shape index (κ1) is 16.1. The number of methoxy groups -OCH3 is 1. The van der Waals surface area contributed by atoms with Gasteiger partial charge in [0.2, 0.25) is 0 Å². The Morgan fingerprint density at radius 1 is 1.00 bits per heavy atom. The van der Waals surface area contributed by atoms with Gasteiger partial charge in [0.05, 0.1) is 7.11 Å². The number of hydrogen-bond donors (Lipinski definition) is 1. The number of amides is 1. The highest BCUT2D eigenvalue weighted by Gasteiger charge is 2.20. The van der Waals surface area contributed by atoms with E-state index in [1.807, 2.05) is 0 Å². The fourth-order valence-electron chi connectivity index (χ4n) is 2.52. The zero-order valence-electron chi connectivity index (χ0n) is 11.4. The Kier molecular flexibility index (Phi) is 8.80. The summed E-state index contributed by atoms with van der Waals surface area (Å²) in [7, 11) is 1.44. The van der Waals surface area contributed by atoms with Crippen molar-refractivity contribution in [3.05, 3.63) is 0 Å². The zero-order chi connectivity index (χ0) is 13.2. The van der Waals surface area contributed by atoms with Gasteiger partial charge in [0.1, 0.15) is 0 Å². The quantitative estimate of drug-likeness (QED) is 0.550. The largest absolute Gasteiger partial charge is 0.453 e. The summed E-state index contributed by atoms with van der Waals surface area (Å²) in [5, 5.41) is 3.00. The highest BCUT2D eigenvalue weighted by molar-refractivity contribution is 14.1. The van der Waals surface area contributed by atoms with E-state index in [1.54, 1.807) is 0 Å². The normalized spacial score (nSPS) is 27.7. The fraction of sp³-hybridized carbons (Fsp3) is 0.929. The minimum atomic E-state index is -0.284. The number of carbonyl (C=O) groups excluding carboxylic acids is 1. The van der Waals surface area contributed by atoms with Crippen LogP contribution >= 0.6 is 22.6 Å². The molecule has 0 unspecified atom stereocenters. The summed E-state index contributed by atoms with van der Waals surface area (Å²) < 4.78 is 5.25. The van der Waals surface area contributed by atoms with Crippen LogP contribution in [0.2, 0.25) is 0 Å². The molecule has 1 amide bonds. The van der Waals surface area contributed by atoms with E-state index >= 15 is 0 Å². The van der Waals surface area contributed by atoms with Crippen molar-refractivity contribution in [2.45, 2.75) is 74.2 Å². The third kappa shape index (κ3) is 6.81. The molecular weight excluding hydrogens is 341 g/mol. The number of nitrogens with one attached hydrogen (secondary N) is 1. The van der Waals surface area contributed by atoms with E-state index in [2.05, 4.69) is 27.9 Å². The van der Waals surface area contributed by atoms with Gasteiger partial charge in [-0.3, -0.25) is 0 Å². The first-order valence-corrected chi connectivity index (χ1v) is 8.47. The third-order valence-electron chi connectivity index (χ3n) is 3.67. The van der Waals surface area contributed by atoms with Crippen molar-refractivity contribution in [1.29, 1.82) is 0 Å². The molecule has 0 aromatic carbocycles. The van der Waals surface area contributed by atoms with Crippen LogP contribution in [0.1, 0.15) is 64.2 Å². The van der Waals surface area contributed by atoms with Crippen LogP contribution in [0.4, 0.5) is 4.79 Å². The molecule has 0 heterocycles. The molecule has 18 heavy (non-hydrogen) atoms. The van der Waals surface area contributed by atoms with Gasteiger partial charge in [-0.2, -0.15) is 0 Å². The molecule has 1 aliphatic rings. The van der Waals surface area contributed by atoms with Crippen molar-refractivity contribution in [2.24, 2.45) is 0 Å². The molecule has 0 saturated heterocycles. The van der Waals surface area contributed by atoms with E-state index in [0.29, 0.717) is 3.92 Å². The molecule has 1 fully saturated rings. The number of halogens is 1. The molecule has 1 aliphatic carbocycles. The summed E-state index contributed by atoms with van der Waals surface area (Å²) in [6, 6.07) is 0.275. The Bertz CT molecular complexity index is 236. The topological polar surface area (TPSA) is 38.3 Å². The summed E-state index contributed by atoms with van der Waals surface area (Å²) in [6.07, 6.45) is 12.6. The highest BCUT2D eigenvalue weighted by atomic mass is 127. The van der Waals surface area contributed by atoms with Crippen LogP contribution in [0.5, 0.6) is 0 Å². The van der Waals surface area contributed by atoms with Gasteiger partial charge in [0.15, 0.2) is 0 Å². The standard InChI is InChI=1S/C14H26INO2/c1-18-14(17)16-13-11-9-7-5-3-2-4-6-8-10-12(13)15/h12-13H,2-11H2,1H3,(H,16,17)/t12-,13-/m1/s1. The van der Waals surface area contributed by atoms with Gasteiger partial charge in [0.25, 0.3) is 0 Å². The molecule has 3 nitrogen and oxygen atoms in total. The predicted octanol–water partition coefficient (Wildman–Crippen LogP) is 4.43. The molecular formula is C14H26INO2. The van der Waals surface area contributed by atoms with Gasteiger partial charge in [-0.1, -0.05) is 74.0 Å². The maximum atomic E-state index is 11.4. The van der Waals surface area contributed by atoms with Gasteiger partial charge in [0, 0.05) is 9.97 Å². The van der Waals surface area contributed by atoms with Crippen molar-refractivity contribution < 1.29 is 9.53 Å². The summed E-state index contributed by atoms with van der Waals surface area (Å²) in [4.78, 5) is 11.4. The zero-order valence-corrected chi connectivity index (χ0v) is 13.6. The molecule has 1 N–H and O–H groups in total. The van der Waals surface area contributed by atoms with Gasteiger partial charge in [-0.25, -0.2) is 4.79 Å². The van der Waals surface area contributed by atoms with Gasteiger partial charge >= 0.3 is 6.09 Å². The Hall–Kier alpha value is 0. The van der Waals surface area contributed by atoms with Crippen molar-refractivity contribution in [2.75, 3.05) is 7.11 Å². The predicted molar refractivity (Wildman–Crippen MR) is 83.3 cm³/mol. The maximum absolute atomic E-state index is 11.4. The lowest BCUT2D eigenvalue weighted by Crippen LogP contribution is -2.40. The van der Waals surface area contributed by atoms with Crippen molar-refractivity contribution in [3.8, 4) is 0 Å². The summed E-state index contributed by atoms with van der Waals surface area (Å²) in [5.74, 6) is 0. The van der Waals surface area contributed by atoms with Crippen molar-refractivity contribution in [1.82, 2.24) is 5.32 Å². The van der Waals surface area contributed by atoms with Crippen LogP contribution < -0.4 is 5.32 Å². The monoisotopic (exact) mass is 367 g/mol. The Morgan fingerprint density at radius 3 is 2.06 bits per heavy atom. The van der Waals surface area contributed by atoms with Gasteiger partial charge in [-0.15, -0.1) is 0 Å². The van der Waals surface area contributed by atoms with E-state index in [0.717, 1.165) is 6.42 Å². The average Bonchev–Trinajstić information content (AvgIpc) is 2.37. The minimum Gasteiger partial charge on any atom is -0.453 e. The number of ether oxygens (including phenoxy) is 1. The van der Waals surface area contributed by atoms with Gasteiger partial charge in [-0.05, 0) is 12.8 Å². The summed E-state index contributed by atoms with van der Waals surface area (Å²) in [6.45, 7) is 0. The minimum absolute atomic E-state index is 0.275. The smallest absolute Gasteiger partial charge is 0.407 e. The molecule has 4 heteroatoms. The maximum Gasteiger partial charge on any atom is 0.407 e. The Labute approximate surface area is 125 Å². The molecule has 0 aliphatic heterocycles. The van der Waals surface area contributed by atoms with E-state index in [-0.39, 0.29) is 12.1 Å². The molecule has 0 radical (unpaired) electrons. The third-order valence-corrected chi connectivity index (χ3v) is 5.16. The second-order valence-corrected chi connectivity index (χ2v) is 6.76. The number of rotatable bonds is 1. The molecule has 0 bridgehead atoms. The van der Waals surface area contributed by atoms with E-state index in [9.17, 15) is 4.79 Å². The highest BCUT2D eigenvalue weighted by Crippen LogP contribution is 2.22. The lowest BCUT2D eigenvalue weighted by Gasteiger charge is -2.24. The summed E-state index contributed by atoms with van der Waals surface area (Å²) >= 11 is 2.49. The average molecular weight is 367 g/mol. The molecule has 1 saturated carbocycles. The number of alkyl halides is 1. The molecule has 0 spiro atoms. The molecule has 2 atom stereocenters. The fourth-order valence-corrected chi connectivity index (χ4v) is 3.50. The number of alkyl carbamates (subject to hydrolysis) is 1. The van der Waals surface area contributed by atoms with E-state index < -0.39 is 0 Å². The molecule has 0 aromatic rings. The van der Waals surface area contributed by atoms with Crippen LogP contribution in [0.25, 0.3) is 0 Å². The second-order valence-electron chi connectivity index (χ2n) is 5.16. The van der Waals surface area contributed by atoms with E-state index in [4.69, 9.17) is 4.74 Å². The van der Waals surface area contributed by atoms with E-state index in [1.165, 1.54) is 64.9 Å². The SMILES string of the molecule is COC(=O)N[C@@H]1CCCCCCCCCC[C@H]1I. The summed E-state index contributed by atoms with van der Waals surface area (Å²) in [5.41, 5.74) is 0.